The molecule has 3 aliphatic rings. The summed E-state index contributed by atoms with van der Waals surface area (Å²) in [6.07, 6.45) is 11.2. The number of pyridine rings is 1. The van der Waals surface area contributed by atoms with Crippen molar-refractivity contribution >= 4 is 40.8 Å². The van der Waals surface area contributed by atoms with Crippen LogP contribution in [0.25, 0.3) is 6.08 Å². The van der Waals surface area contributed by atoms with E-state index >= 15 is 0 Å². The Morgan fingerprint density at radius 1 is 1.18 bits per heavy atom. The minimum absolute atomic E-state index is 0.106. The van der Waals surface area contributed by atoms with Crippen LogP contribution in [0.5, 0.6) is 0 Å². The molecule has 2 heterocycles. The highest BCUT2D eigenvalue weighted by Crippen LogP contribution is 2.55. The first-order chi connectivity index (χ1) is 18.1. The number of aryl methyl sites for hydroxylation is 1. The van der Waals surface area contributed by atoms with E-state index in [4.69, 9.17) is 23.1 Å². The van der Waals surface area contributed by atoms with Crippen molar-refractivity contribution in [2.75, 3.05) is 24.1 Å². The zero-order valence-electron chi connectivity index (χ0n) is 22.9. The second kappa shape index (κ2) is 11.2. The molecular weight excluding hydrogens is 514 g/mol. The first-order valence-electron chi connectivity index (χ1n) is 14.1. The first-order valence-corrected chi connectivity index (χ1v) is 15.4. The number of rotatable bonds is 7. The molecule has 0 radical (unpaired) electrons. The summed E-state index contributed by atoms with van der Waals surface area (Å²) in [5.41, 5.74) is 16.3. The summed E-state index contributed by atoms with van der Waals surface area (Å²) < 4.78 is 1.74. The maximum absolute atomic E-state index is 12.9. The predicted molar refractivity (Wildman–Crippen MR) is 162 cm³/mol. The standard InChI is InChI=1S/C30H42ClN5OS/c1-19(2)35-12-10-30(11-13-35)17-23(18-30)38-22-8-9-26(20(3)14-22)34-28(33)16-27-25(32)15-24(31)29(37)36(27)21-6-4-5-7-21/h8-9,14-16,19,21,23,34H,4-7,10-13,17-18,32-33H2,1-3H3/b28-16+. The van der Waals surface area contributed by atoms with Crippen LogP contribution in [0, 0.1) is 12.3 Å². The number of aromatic nitrogens is 1. The van der Waals surface area contributed by atoms with Crippen LogP contribution in [-0.4, -0.2) is 33.8 Å². The Balaban J connectivity index is 1.23. The van der Waals surface area contributed by atoms with Gasteiger partial charge in [0.1, 0.15) is 10.8 Å². The molecule has 38 heavy (non-hydrogen) atoms. The number of halogens is 1. The van der Waals surface area contributed by atoms with Gasteiger partial charge in [0.2, 0.25) is 0 Å². The molecular formula is C30H42ClN5OS. The van der Waals surface area contributed by atoms with E-state index in [-0.39, 0.29) is 16.6 Å². The molecule has 0 unspecified atom stereocenters. The second-order valence-corrected chi connectivity index (χ2v) is 13.7. The van der Waals surface area contributed by atoms with Crippen LogP contribution in [0.1, 0.15) is 82.5 Å². The van der Waals surface area contributed by atoms with Crippen molar-refractivity contribution in [2.24, 2.45) is 11.1 Å². The Morgan fingerprint density at radius 3 is 2.50 bits per heavy atom. The lowest BCUT2D eigenvalue weighted by Gasteiger charge is -2.52. The number of nitrogens with zero attached hydrogens (tertiary/aromatic N) is 2. The number of benzene rings is 1. The summed E-state index contributed by atoms with van der Waals surface area (Å²) in [4.78, 5) is 16.8. The molecule has 6 nitrogen and oxygen atoms in total. The molecule has 1 aromatic heterocycles. The fourth-order valence-corrected chi connectivity index (χ4v) is 8.47. The van der Waals surface area contributed by atoms with E-state index in [1.54, 1.807) is 10.6 Å². The van der Waals surface area contributed by atoms with Gasteiger partial charge in [0.15, 0.2) is 0 Å². The van der Waals surface area contributed by atoms with E-state index in [0.717, 1.165) is 36.9 Å². The lowest BCUT2D eigenvalue weighted by Crippen LogP contribution is -2.49. The van der Waals surface area contributed by atoms with Gasteiger partial charge >= 0.3 is 0 Å². The molecule has 5 N–H and O–H groups in total. The van der Waals surface area contributed by atoms with Gasteiger partial charge in [0, 0.05) is 34.0 Å². The van der Waals surface area contributed by atoms with Gasteiger partial charge in [-0.05, 0) is 108 Å². The van der Waals surface area contributed by atoms with Crippen molar-refractivity contribution in [3.8, 4) is 0 Å². The van der Waals surface area contributed by atoms with Crippen molar-refractivity contribution in [1.29, 1.82) is 0 Å². The highest BCUT2D eigenvalue weighted by molar-refractivity contribution is 8.00. The number of nitrogens with two attached hydrogens (primary N) is 2. The fraction of sp³-hybridized carbons (Fsp3) is 0.567. The molecule has 1 spiro atoms. The van der Waals surface area contributed by atoms with E-state index in [2.05, 4.69) is 49.2 Å². The Hall–Kier alpha value is -2.09. The van der Waals surface area contributed by atoms with Crippen molar-refractivity contribution in [3.63, 3.8) is 0 Å². The summed E-state index contributed by atoms with van der Waals surface area (Å²) in [7, 11) is 0. The van der Waals surface area contributed by atoms with Gasteiger partial charge in [0.25, 0.3) is 5.56 Å². The van der Waals surface area contributed by atoms with E-state index in [1.165, 1.54) is 49.7 Å². The second-order valence-electron chi connectivity index (χ2n) is 11.9. The molecule has 1 saturated heterocycles. The van der Waals surface area contributed by atoms with Gasteiger partial charge in [-0.3, -0.25) is 4.79 Å². The predicted octanol–water partition coefficient (Wildman–Crippen LogP) is 6.62. The van der Waals surface area contributed by atoms with Crippen molar-refractivity contribution in [1.82, 2.24) is 9.47 Å². The Labute approximate surface area is 236 Å². The molecule has 0 atom stereocenters. The van der Waals surface area contributed by atoms with Crippen LogP contribution in [0.2, 0.25) is 5.02 Å². The van der Waals surface area contributed by atoms with Gasteiger partial charge in [-0.2, -0.15) is 0 Å². The van der Waals surface area contributed by atoms with Crippen LogP contribution in [0.4, 0.5) is 11.4 Å². The molecule has 1 aliphatic heterocycles. The molecule has 0 bridgehead atoms. The topological polar surface area (TPSA) is 89.3 Å². The van der Waals surface area contributed by atoms with Crippen LogP contribution >= 0.6 is 23.4 Å². The van der Waals surface area contributed by atoms with Gasteiger partial charge < -0.3 is 26.3 Å². The molecule has 8 heteroatoms. The third kappa shape index (κ3) is 5.75. The Morgan fingerprint density at radius 2 is 1.87 bits per heavy atom. The third-order valence-corrected chi connectivity index (χ3v) is 10.4. The number of thioether (sulfide) groups is 1. The molecule has 206 valence electrons. The molecule has 0 amide bonds. The van der Waals surface area contributed by atoms with Crippen LogP contribution in [0.15, 0.2) is 39.8 Å². The minimum Gasteiger partial charge on any atom is -0.397 e. The summed E-state index contributed by atoms with van der Waals surface area (Å²) >= 11 is 8.21. The highest BCUT2D eigenvalue weighted by Gasteiger charge is 2.46. The SMILES string of the molecule is Cc1cc(SC2CC3(CCN(C(C)C)CC3)C2)ccc1N/C(N)=C/c1c(N)cc(Cl)c(=O)n1C1CCCC1. The lowest BCUT2D eigenvalue weighted by atomic mass is 9.63. The largest absolute Gasteiger partial charge is 0.397 e. The highest BCUT2D eigenvalue weighted by atomic mass is 35.5. The average molecular weight is 556 g/mol. The number of anilines is 2. The zero-order chi connectivity index (χ0) is 27.0. The van der Waals surface area contributed by atoms with Gasteiger partial charge in [0.05, 0.1) is 11.4 Å². The fourth-order valence-electron chi connectivity index (χ4n) is 6.61. The molecule has 2 aromatic rings. The van der Waals surface area contributed by atoms with Gasteiger partial charge in [-0.15, -0.1) is 11.8 Å². The van der Waals surface area contributed by atoms with E-state index < -0.39 is 0 Å². The summed E-state index contributed by atoms with van der Waals surface area (Å²) in [6, 6.07) is 8.83. The monoisotopic (exact) mass is 555 g/mol. The normalized spacial score (nSPS) is 20.8. The van der Waals surface area contributed by atoms with Gasteiger partial charge in [-0.25, -0.2) is 0 Å². The van der Waals surface area contributed by atoms with E-state index in [1.807, 2.05) is 11.8 Å². The maximum Gasteiger partial charge on any atom is 0.270 e. The molecule has 2 aliphatic carbocycles. The van der Waals surface area contributed by atoms with Gasteiger partial charge in [-0.1, -0.05) is 24.4 Å². The number of nitrogens with one attached hydrogen (secondary N) is 1. The quantitative estimate of drug-likeness (QED) is 0.355. The third-order valence-electron chi connectivity index (χ3n) is 8.93. The van der Waals surface area contributed by atoms with Crippen LogP contribution < -0.4 is 22.3 Å². The molecule has 3 fully saturated rings. The van der Waals surface area contributed by atoms with Crippen LogP contribution in [-0.2, 0) is 0 Å². The van der Waals surface area contributed by atoms with E-state index in [0.29, 0.717) is 33.9 Å². The van der Waals surface area contributed by atoms with Crippen molar-refractivity contribution in [2.45, 2.75) is 94.4 Å². The summed E-state index contributed by atoms with van der Waals surface area (Å²) in [6.45, 7) is 9.23. The first kappa shape index (κ1) is 27.5. The Kier molecular flexibility index (Phi) is 8.09. The van der Waals surface area contributed by atoms with Crippen LogP contribution in [0.3, 0.4) is 0 Å². The zero-order valence-corrected chi connectivity index (χ0v) is 24.5. The van der Waals surface area contributed by atoms with E-state index in [9.17, 15) is 4.79 Å². The smallest absolute Gasteiger partial charge is 0.270 e. The lowest BCUT2D eigenvalue weighted by molar-refractivity contribution is 0.0267. The number of likely N-dealkylation sites (tertiary alicyclic amines) is 1. The van der Waals surface area contributed by atoms with Crippen molar-refractivity contribution in [3.05, 3.63) is 56.7 Å². The number of nitrogen functional groups attached to an aromatic ring is 1. The minimum atomic E-state index is -0.201. The summed E-state index contributed by atoms with van der Waals surface area (Å²) in [5, 5.41) is 4.19. The summed E-state index contributed by atoms with van der Waals surface area (Å²) in [5.74, 6) is 0.447. The number of hydrogen-bond acceptors (Lipinski definition) is 6. The average Bonchev–Trinajstić information content (AvgIpc) is 3.38. The molecule has 2 saturated carbocycles. The number of piperidine rings is 1. The number of hydrogen-bond donors (Lipinski definition) is 3. The van der Waals surface area contributed by atoms with Crippen molar-refractivity contribution < 1.29 is 0 Å². The molecule has 1 aromatic carbocycles. The maximum atomic E-state index is 12.9. The molecule has 5 rings (SSSR count). The Bertz CT molecular complexity index is 1250.